The highest BCUT2D eigenvalue weighted by molar-refractivity contribution is 6.31. The Balaban J connectivity index is 1.20. The first-order valence-electron chi connectivity index (χ1n) is 10.9. The third-order valence-corrected chi connectivity index (χ3v) is 6.86. The van der Waals surface area contributed by atoms with Crippen molar-refractivity contribution in [2.45, 2.75) is 18.4 Å². The molecule has 6 rings (SSSR count). The Labute approximate surface area is 199 Å². The van der Waals surface area contributed by atoms with Gasteiger partial charge in [-0.3, -0.25) is 0 Å². The summed E-state index contributed by atoms with van der Waals surface area (Å²) >= 11 is 6.06. The SMILES string of the molecule is O=C(O)c1ccc2c(c1)C(=O)OC21CCN(c2ccc(-c3nc4cc(Cl)ccc4[nH]3)cn2)CC1. The van der Waals surface area contributed by atoms with Crippen molar-refractivity contribution in [3.63, 3.8) is 0 Å². The molecule has 0 aliphatic carbocycles. The summed E-state index contributed by atoms with van der Waals surface area (Å²) in [4.78, 5) is 38.4. The molecule has 0 atom stereocenters. The molecule has 0 unspecified atom stereocenters. The molecule has 4 heterocycles. The lowest BCUT2D eigenvalue weighted by atomic mass is 9.83. The summed E-state index contributed by atoms with van der Waals surface area (Å²) < 4.78 is 5.79. The zero-order valence-electron chi connectivity index (χ0n) is 17.9. The Hall–Kier alpha value is -3.91. The van der Waals surface area contributed by atoms with E-state index in [1.807, 2.05) is 30.3 Å². The van der Waals surface area contributed by atoms with Gasteiger partial charge in [-0.2, -0.15) is 0 Å². The molecular weight excluding hydrogens is 456 g/mol. The van der Waals surface area contributed by atoms with E-state index in [0.717, 1.165) is 33.8 Å². The molecule has 0 radical (unpaired) electrons. The Kier molecular flexibility index (Phi) is 4.60. The van der Waals surface area contributed by atoms with Crippen LogP contribution >= 0.6 is 11.6 Å². The topological polar surface area (TPSA) is 108 Å². The number of nitrogens with zero attached hydrogens (tertiary/aromatic N) is 3. The molecule has 2 aliphatic heterocycles. The van der Waals surface area contributed by atoms with Gasteiger partial charge in [0.2, 0.25) is 0 Å². The lowest BCUT2D eigenvalue weighted by molar-refractivity contribution is -0.0211. The van der Waals surface area contributed by atoms with Crippen LogP contribution in [0.1, 0.15) is 39.1 Å². The van der Waals surface area contributed by atoms with Crippen molar-refractivity contribution in [1.82, 2.24) is 15.0 Å². The van der Waals surface area contributed by atoms with Gasteiger partial charge >= 0.3 is 11.9 Å². The number of halogens is 1. The van der Waals surface area contributed by atoms with Gasteiger partial charge in [-0.15, -0.1) is 0 Å². The minimum Gasteiger partial charge on any atom is -0.478 e. The number of esters is 1. The fraction of sp³-hybridized carbons (Fsp3) is 0.200. The number of carbonyl (C=O) groups is 2. The van der Waals surface area contributed by atoms with Crippen molar-refractivity contribution in [2.24, 2.45) is 0 Å². The van der Waals surface area contributed by atoms with Gasteiger partial charge in [0.1, 0.15) is 17.2 Å². The van der Waals surface area contributed by atoms with Gasteiger partial charge < -0.3 is 19.7 Å². The molecule has 0 amide bonds. The second kappa shape index (κ2) is 7.56. The highest BCUT2D eigenvalue weighted by atomic mass is 35.5. The van der Waals surface area contributed by atoms with Gasteiger partial charge in [0.15, 0.2) is 0 Å². The number of fused-ring (bicyclic) bond motifs is 3. The quantitative estimate of drug-likeness (QED) is 0.416. The number of ether oxygens (including phenoxy) is 1. The summed E-state index contributed by atoms with van der Waals surface area (Å²) in [5.74, 6) is 0.0427. The van der Waals surface area contributed by atoms with Crippen molar-refractivity contribution < 1.29 is 19.4 Å². The standard InChI is InChI=1S/C25H19ClN4O4/c26-16-3-5-19-20(12-16)29-22(28-19)15-2-6-21(27-13-15)30-9-7-25(8-10-30)18-4-1-14(23(31)32)11-17(18)24(33)34-25/h1-6,11-13H,7-10H2,(H,28,29)(H,31,32). The minimum atomic E-state index is -1.06. The van der Waals surface area contributed by atoms with Crippen molar-refractivity contribution in [3.8, 4) is 11.4 Å². The Morgan fingerprint density at radius 3 is 2.68 bits per heavy atom. The number of rotatable bonds is 3. The van der Waals surface area contributed by atoms with Crippen LogP contribution in [0.2, 0.25) is 5.02 Å². The number of pyridine rings is 1. The second-order valence-electron chi connectivity index (χ2n) is 8.59. The Bertz CT molecular complexity index is 1460. The molecule has 2 aliphatic rings. The normalized spacial score (nSPS) is 16.6. The number of imidazole rings is 1. The monoisotopic (exact) mass is 474 g/mol. The molecule has 4 aromatic rings. The van der Waals surface area contributed by atoms with Crippen LogP contribution in [0.3, 0.4) is 0 Å². The summed E-state index contributed by atoms with van der Waals surface area (Å²) in [6, 6.07) is 14.1. The number of carboxylic acids is 1. The second-order valence-corrected chi connectivity index (χ2v) is 9.02. The predicted molar refractivity (Wildman–Crippen MR) is 126 cm³/mol. The van der Waals surface area contributed by atoms with Crippen LogP contribution < -0.4 is 4.90 Å². The van der Waals surface area contributed by atoms with Crippen molar-refractivity contribution >= 4 is 40.4 Å². The Morgan fingerprint density at radius 2 is 1.94 bits per heavy atom. The van der Waals surface area contributed by atoms with Crippen LogP contribution in [-0.4, -0.2) is 45.1 Å². The molecule has 2 aromatic heterocycles. The number of carboxylic acid groups (broad SMARTS) is 1. The van der Waals surface area contributed by atoms with E-state index < -0.39 is 17.5 Å². The number of hydrogen-bond acceptors (Lipinski definition) is 6. The zero-order valence-corrected chi connectivity index (χ0v) is 18.7. The first kappa shape index (κ1) is 20.7. The van der Waals surface area contributed by atoms with Gasteiger partial charge in [-0.1, -0.05) is 17.7 Å². The number of nitrogens with one attached hydrogen (secondary N) is 1. The van der Waals surface area contributed by atoms with Gasteiger partial charge in [0, 0.05) is 48.3 Å². The van der Waals surface area contributed by atoms with E-state index in [-0.39, 0.29) is 5.56 Å². The number of H-pyrrole nitrogens is 1. The molecule has 1 fully saturated rings. The van der Waals surface area contributed by atoms with E-state index in [4.69, 9.17) is 16.3 Å². The van der Waals surface area contributed by atoms with Crippen LogP contribution in [0.4, 0.5) is 5.82 Å². The predicted octanol–water partition coefficient (Wildman–Crippen LogP) is 4.64. The van der Waals surface area contributed by atoms with Crippen molar-refractivity contribution in [1.29, 1.82) is 0 Å². The van der Waals surface area contributed by atoms with Gasteiger partial charge in [0.05, 0.1) is 22.2 Å². The average molecular weight is 475 g/mol. The van der Waals surface area contributed by atoms with E-state index >= 15 is 0 Å². The molecule has 170 valence electrons. The number of hydrogen-bond donors (Lipinski definition) is 2. The van der Waals surface area contributed by atoms with Crippen LogP contribution in [0, 0.1) is 0 Å². The summed E-state index contributed by atoms with van der Waals surface area (Å²) in [5.41, 5.74) is 3.08. The Morgan fingerprint density at radius 1 is 1.12 bits per heavy atom. The molecule has 0 bridgehead atoms. The first-order chi connectivity index (χ1) is 16.4. The lowest BCUT2D eigenvalue weighted by Crippen LogP contribution is -2.43. The number of aromatic nitrogens is 3. The molecular formula is C25H19ClN4O4. The average Bonchev–Trinajstić information content (AvgIpc) is 3.38. The summed E-state index contributed by atoms with van der Waals surface area (Å²) in [6.07, 6.45) is 3.00. The molecule has 1 spiro atoms. The van der Waals surface area contributed by atoms with E-state index in [0.29, 0.717) is 36.5 Å². The van der Waals surface area contributed by atoms with E-state index in [9.17, 15) is 14.7 Å². The molecule has 0 saturated carbocycles. The number of aromatic amines is 1. The fourth-order valence-electron chi connectivity index (χ4n) is 4.83. The molecule has 34 heavy (non-hydrogen) atoms. The maximum atomic E-state index is 12.5. The molecule has 9 heteroatoms. The number of anilines is 1. The van der Waals surface area contributed by atoms with E-state index in [1.54, 1.807) is 12.3 Å². The molecule has 2 aromatic carbocycles. The first-order valence-corrected chi connectivity index (χ1v) is 11.3. The maximum absolute atomic E-state index is 12.5. The van der Waals surface area contributed by atoms with Crippen molar-refractivity contribution in [3.05, 3.63) is 76.4 Å². The smallest absolute Gasteiger partial charge is 0.339 e. The maximum Gasteiger partial charge on any atom is 0.339 e. The van der Waals surface area contributed by atoms with Crippen LogP contribution in [0.15, 0.2) is 54.7 Å². The lowest BCUT2D eigenvalue weighted by Gasteiger charge is -2.39. The van der Waals surface area contributed by atoms with Gasteiger partial charge in [-0.05, 0) is 42.5 Å². The third kappa shape index (κ3) is 3.30. The molecule has 2 N–H and O–H groups in total. The summed E-state index contributed by atoms with van der Waals surface area (Å²) in [7, 11) is 0. The highest BCUT2D eigenvalue weighted by Crippen LogP contribution is 2.44. The van der Waals surface area contributed by atoms with Gasteiger partial charge in [-0.25, -0.2) is 19.6 Å². The third-order valence-electron chi connectivity index (χ3n) is 6.63. The minimum absolute atomic E-state index is 0.0852. The largest absolute Gasteiger partial charge is 0.478 e. The molecule has 8 nitrogen and oxygen atoms in total. The van der Waals surface area contributed by atoms with E-state index in [1.165, 1.54) is 12.1 Å². The highest BCUT2D eigenvalue weighted by Gasteiger charge is 2.47. The number of benzene rings is 2. The zero-order chi connectivity index (χ0) is 23.4. The van der Waals surface area contributed by atoms with E-state index in [2.05, 4.69) is 19.9 Å². The van der Waals surface area contributed by atoms with Gasteiger partial charge in [0.25, 0.3) is 0 Å². The van der Waals surface area contributed by atoms with Crippen molar-refractivity contribution in [2.75, 3.05) is 18.0 Å². The van der Waals surface area contributed by atoms with Crippen LogP contribution in [-0.2, 0) is 10.3 Å². The summed E-state index contributed by atoms with van der Waals surface area (Å²) in [5, 5.41) is 9.87. The number of piperidine rings is 1. The molecule has 1 saturated heterocycles. The number of carbonyl (C=O) groups excluding carboxylic acids is 1. The summed E-state index contributed by atoms with van der Waals surface area (Å²) in [6.45, 7) is 1.31. The van der Waals surface area contributed by atoms with Crippen LogP contribution in [0.5, 0.6) is 0 Å². The number of aromatic carboxylic acids is 1. The van der Waals surface area contributed by atoms with Crippen LogP contribution in [0.25, 0.3) is 22.4 Å². The fourth-order valence-corrected chi connectivity index (χ4v) is 4.99.